The van der Waals surface area contributed by atoms with Crippen LogP contribution in [-0.4, -0.2) is 11.5 Å². The van der Waals surface area contributed by atoms with Crippen molar-refractivity contribution in [3.8, 4) is 0 Å². The SMILES string of the molecule is OC(c1cc(F)cc(F)c1)C(F)F. The van der Waals surface area contributed by atoms with Crippen LogP contribution in [0.15, 0.2) is 18.2 Å². The fraction of sp³-hybridized carbons (Fsp3) is 0.250. The quantitative estimate of drug-likeness (QED) is 0.716. The Morgan fingerprint density at radius 3 is 1.85 bits per heavy atom. The van der Waals surface area contributed by atoms with Gasteiger partial charge in [0.2, 0.25) is 0 Å². The maximum Gasteiger partial charge on any atom is 0.268 e. The molecule has 72 valence electrons. The third-order valence-corrected chi connectivity index (χ3v) is 1.47. The van der Waals surface area contributed by atoms with Gasteiger partial charge >= 0.3 is 0 Å². The molecule has 0 aromatic heterocycles. The lowest BCUT2D eigenvalue weighted by Gasteiger charge is -2.09. The first-order valence-electron chi connectivity index (χ1n) is 3.43. The average Bonchev–Trinajstić information content (AvgIpc) is 2.01. The van der Waals surface area contributed by atoms with Crippen molar-refractivity contribution in [1.29, 1.82) is 0 Å². The topological polar surface area (TPSA) is 20.2 Å². The molecule has 1 atom stereocenters. The molecule has 1 nitrogen and oxygen atoms in total. The fourth-order valence-electron chi connectivity index (χ4n) is 0.891. The highest BCUT2D eigenvalue weighted by Crippen LogP contribution is 2.21. The zero-order valence-corrected chi connectivity index (χ0v) is 6.35. The van der Waals surface area contributed by atoms with Gasteiger partial charge in [-0.25, -0.2) is 17.6 Å². The minimum atomic E-state index is -3.05. The summed E-state index contributed by atoms with van der Waals surface area (Å²) in [5.74, 6) is -1.98. The fourth-order valence-corrected chi connectivity index (χ4v) is 0.891. The summed E-state index contributed by atoms with van der Waals surface area (Å²) in [6.07, 6.45) is -5.20. The Morgan fingerprint density at radius 2 is 1.46 bits per heavy atom. The van der Waals surface area contributed by atoms with E-state index in [0.29, 0.717) is 18.2 Å². The number of aliphatic hydroxyl groups is 1. The van der Waals surface area contributed by atoms with Gasteiger partial charge in [-0.15, -0.1) is 0 Å². The molecule has 0 aliphatic rings. The van der Waals surface area contributed by atoms with Gasteiger partial charge < -0.3 is 5.11 Å². The molecule has 1 aromatic rings. The monoisotopic (exact) mass is 194 g/mol. The van der Waals surface area contributed by atoms with Crippen LogP contribution in [0.25, 0.3) is 0 Å². The molecule has 1 unspecified atom stereocenters. The van der Waals surface area contributed by atoms with Crippen molar-refractivity contribution in [2.75, 3.05) is 0 Å². The maximum atomic E-state index is 12.5. The minimum Gasteiger partial charge on any atom is -0.382 e. The van der Waals surface area contributed by atoms with E-state index in [9.17, 15) is 17.6 Å². The molecule has 0 saturated carbocycles. The Morgan fingerprint density at radius 1 is 1.00 bits per heavy atom. The van der Waals surface area contributed by atoms with Crippen LogP contribution < -0.4 is 0 Å². The average molecular weight is 194 g/mol. The summed E-state index contributed by atoms with van der Waals surface area (Å²) in [7, 11) is 0. The van der Waals surface area contributed by atoms with E-state index in [1.165, 1.54) is 0 Å². The zero-order valence-electron chi connectivity index (χ0n) is 6.35. The first-order valence-corrected chi connectivity index (χ1v) is 3.43. The van der Waals surface area contributed by atoms with E-state index >= 15 is 0 Å². The number of alkyl halides is 2. The summed E-state index contributed by atoms with van der Waals surface area (Å²) >= 11 is 0. The second-order valence-corrected chi connectivity index (χ2v) is 2.48. The third-order valence-electron chi connectivity index (χ3n) is 1.47. The maximum absolute atomic E-state index is 12.5. The molecule has 0 saturated heterocycles. The summed E-state index contributed by atoms with van der Waals surface area (Å²) < 4.78 is 48.7. The van der Waals surface area contributed by atoms with Crippen molar-refractivity contribution in [2.24, 2.45) is 0 Å². The van der Waals surface area contributed by atoms with Gasteiger partial charge in [-0.3, -0.25) is 0 Å². The molecule has 1 N–H and O–H groups in total. The van der Waals surface area contributed by atoms with Crippen LogP contribution >= 0.6 is 0 Å². The van der Waals surface area contributed by atoms with Gasteiger partial charge in [0.05, 0.1) is 0 Å². The van der Waals surface area contributed by atoms with Crippen LogP contribution in [0.2, 0.25) is 0 Å². The number of rotatable bonds is 2. The van der Waals surface area contributed by atoms with Crippen molar-refractivity contribution in [3.05, 3.63) is 35.4 Å². The highest BCUT2D eigenvalue weighted by molar-refractivity contribution is 5.20. The highest BCUT2D eigenvalue weighted by atomic mass is 19.3. The molecule has 0 aliphatic heterocycles. The molecule has 0 amide bonds. The van der Waals surface area contributed by atoms with Crippen molar-refractivity contribution < 1.29 is 22.7 Å². The summed E-state index contributed by atoms with van der Waals surface area (Å²) in [4.78, 5) is 0. The Labute approximate surface area is 71.6 Å². The van der Waals surface area contributed by atoms with Gasteiger partial charge in [0.25, 0.3) is 6.43 Å². The Hall–Kier alpha value is -1.10. The first kappa shape index (κ1) is 9.98. The minimum absolute atomic E-state index is 0.465. The summed E-state index contributed by atoms with van der Waals surface area (Å²) in [6, 6.07) is 1.88. The smallest absolute Gasteiger partial charge is 0.268 e. The molecule has 0 spiro atoms. The number of hydrogen-bond donors (Lipinski definition) is 1. The lowest BCUT2D eigenvalue weighted by Crippen LogP contribution is -2.08. The summed E-state index contributed by atoms with van der Waals surface area (Å²) in [5, 5.41) is 8.76. The second kappa shape index (κ2) is 3.74. The standard InChI is InChI=1S/C8H6F4O/c9-5-1-4(2-6(10)3-5)7(13)8(11)12/h1-3,7-8,13H. The van der Waals surface area contributed by atoms with Crippen molar-refractivity contribution in [2.45, 2.75) is 12.5 Å². The molecule has 1 rings (SSSR count). The largest absolute Gasteiger partial charge is 0.382 e. The van der Waals surface area contributed by atoms with Crippen LogP contribution in [0.5, 0.6) is 0 Å². The first-order chi connectivity index (χ1) is 6.00. The number of hydrogen-bond acceptors (Lipinski definition) is 1. The van der Waals surface area contributed by atoms with E-state index in [2.05, 4.69) is 0 Å². The third kappa shape index (κ3) is 2.42. The van der Waals surface area contributed by atoms with E-state index in [-0.39, 0.29) is 0 Å². The molecule has 0 bridgehead atoms. The van der Waals surface area contributed by atoms with Crippen LogP contribution in [0.1, 0.15) is 11.7 Å². The lowest BCUT2D eigenvalue weighted by molar-refractivity contribution is -0.00607. The molecule has 13 heavy (non-hydrogen) atoms. The number of aliphatic hydroxyl groups excluding tert-OH is 1. The number of halogens is 4. The van der Waals surface area contributed by atoms with Crippen LogP contribution in [0.4, 0.5) is 17.6 Å². The Balaban J connectivity index is 3.01. The summed E-state index contributed by atoms with van der Waals surface area (Å²) in [6.45, 7) is 0. The van der Waals surface area contributed by atoms with Crippen LogP contribution in [0, 0.1) is 11.6 Å². The van der Waals surface area contributed by atoms with Gasteiger partial charge in [0.15, 0.2) is 0 Å². The molecular weight excluding hydrogens is 188 g/mol. The zero-order chi connectivity index (χ0) is 10.0. The Bertz CT molecular complexity index is 280. The molecule has 0 radical (unpaired) electrons. The highest BCUT2D eigenvalue weighted by Gasteiger charge is 2.20. The molecular formula is C8H6F4O. The molecule has 1 aromatic carbocycles. The van der Waals surface area contributed by atoms with Gasteiger partial charge in [-0.2, -0.15) is 0 Å². The molecule has 0 heterocycles. The molecule has 0 fully saturated rings. The number of benzene rings is 1. The predicted molar refractivity (Wildman–Crippen MR) is 37.3 cm³/mol. The summed E-state index contributed by atoms with van der Waals surface area (Å²) in [5.41, 5.74) is -0.465. The van der Waals surface area contributed by atoms with E-state index in [0.717, 1.165) is 0 Å². The van der Waals surface area contributed by atoms with Crippen molar-refractivity contribution in [1.82, 2.24) is 0 Å². The van der Waals surface area contributed by atoms with Gasteiger partial charge in [0, 0.05) is 6.07 Å². The lowest BCUT2D eigenvalue weighted by atomic mass is 10.1. The van der Waals surface area contributed by atoms with E-state index in [1.807, 2.05) is 0 Å². The van der Waals surface area contributed by atoms with Gasteiger partial charge in [-0.05, 0) is 17.7 Å². The van der Waals surface area contributed by atoms with E-state index in [1.54, 1.807) is 0 Å². The van der Waals surface area contributed by atoms with Crippen molar-refractivity contribution in [3.63, 3.8) is 0 Å². The normalized spacial score (nSPS) is 13.4. The van der Waals surface area contributed by atoms with E-state index in [4.69, 9.17) is 5.11 Å². The second-order valence-electron chi connectivity index (χ2n) is 2.48. The molecule has 5 heteroatoms. The van der Waals surface area contributed by atoms with Crippen LogP contribution in [-0.2, 0) is 0 Å². The predicted octanol–water partition coefficient (Wildman–Crippen LogP) is 2.26. The van der Waals surface area contributed by atoms with Gasteiger partial charge in [0.1, 0.15) is 17.7 Å². The van der Waals surface area contributed by atoms with Crippen LogP contribution in [0.3, 0.4) is 0 Å². The van der Waals surface area contributed by atoms with Gasteiger partial charge in [-0.1, -0.05) is 0 Å². The van der Waals surface area contributed by atoms with E-state index < -0.39 is 29.7 Å². The van der Waals surface area contributed by atoms with Crippen molar-refractivity contribution >= 4 is 0 Å². The Kier molecular flexibility index (Phi) is 2.87. The molecule has 0 aliphatic carbocycles.